The summed E-state index contributed by atoms with van der Waals surface area (Å²) >= 11 is 0. The first kappa shape index (κ1) is 16.3. The van der Waals surface area contributed by atoms with E-state index in [1.165, 1.54) is 4.80 Å². The van der Waals surface area contributed by atoms with E-state index in [1.54, 1.807) is 7.05 Å². The highest BCUT2D eigenvalue weighted by molar-refractivity contribution is 5.88. The second-order valence-corrected chi connectivity index (χ2v) is 4.43. The van der Waals surface area contributed by atoms with Crippen molar-refractivity contribution in [3.8, 4) is 0 Å². The zero-order chi connectivity index (χ0) is 12.8. The third-order valence-corrected chi connectivity index (χ3v) is 2.18. The van der Waals surface area contributed by atoms with Crippen LogP contribution >= 0.6 is 0 Å². The van der Waals surface area contributed by atoms with Crippen LogP contribution in [0.4, 0.5) is 0 Å². The SMILES string of the molecule is C.CC(C)C1=NN=NC1.CC(C)c1nnn(C)n1. The van der Waals surface area contributed by atoms with Crippen LogP contribution in [0.5, 0.6) is 0 Å². The molecule has 7 heteroatoms. The molecular weight excluding hydrogens is 230 g/mol. The first-order valence-electron chi connectivity index (χ1n) is 5.67. The molecule has 0 radical (unpaired) electrons. The van der Waals surface area contributed by atoms with Gasteiger partial charge in [0.25, 0.3) is 0 Å². The lowest BCUT2D eigenvalue weighted by Crippen LogP contribution is -2.07. The highest BCUT2D eigenvalue weighted by Gasteiger charge is 2.07. The fraction of sp³-hybridized carbons (Fsp3) is 0.818. The van der Waals surface area contributed by atoms with Gasteiger partial charge in [-0.15, -0.1) is 15.3 Å². The van der Waals surface area contributed by atoms with E-state index in [1.807, 2.05) is 13.8 Å². The van der Waals surface area contributed by atoms with E-state index in [9.17, 15) is 0 Å². The number of aryl methyl sites for hydroxylation is 1. The van der Waals surface area contributed by atoms with Gasteiger partial charge < -0.3 is 0 Å². The quantitative estimate of drug-likeness (QED) is 0.811. The van der Waals surface area contributed by atoms with Gasteiger partial charge in [0.1, 0.15) is 6.54 Å². The van der Waals surface area contributed by atoms with Crippen LogP contribution in [0.25, 0.3) is 0 Å². The number of aromatic nitrogens is 4. The summed E-state index contributed by atoms with van der Waals surface area (Å²) in [6, 6.07) is 0. The molecule has 0 saturated carbocycles. The van der Waals surface area contributed by atoms with Crippen molar-refractivity contribution in [2.75, 3.05) is 6.54 Å². The molecule has 2 heterocycles. The van der Waals surface area contributed by atoms with Crippen LogP contribution in [0.15, 0.2) is 15.4 Å². The van der Waals surface area contributed by atoms with E-state index in [-0.39, 0.29) is 7.43 Å². The van der Waals surface area contributed by atoms with Gasteiger partial charge in [0.15, 0.2) is 5.82 Å². The predicted octanol–water partition coefficient (Wildman–Crippen LogP) is 2.43. The molecule has 0 aromatic carbocycles. The van der Waals surface area contributed by atoms with Crippen molar-refractivity contribution in [2.45, 2.75) is 41.0 Å². The number of tetrazole rings is 1. The molecule has 7 nitrogen and oxygen atoms in total. The predicted molar refractivity (Wildman–Crippen MR) is 71.6 cm³/mol. The van der Waals surface area contributed by atoms with Crippen molar-refractivity contribution >= 4 is 5.71 Å². The van der Waals surface area contributed by atoms with Crippen molar-refractivity contribution in [3.05, 3.63) is 5.82 Å². The van der Waals surface area contributed by atoms with Crippen molar-refractivity contribution < 1.29 is 0 Å². The van der Waals surface area contributed by atoms with E-state index < -0.39 is 0 Å². The molecule has 1 aliphatic rings. The first-order valence-corrected chi connectivity index (χ1v) is 5.67. The van der Waals surface area contributed by atoms with E-state index in [0.29, 0.717) is 18.4 Å². The summed E-state index contributed by atoms with van der Waals surface area (Å²) in [6.07, 6.45) is 0. The van der Waals surface area contributed by atoms with Crippen LogP contribution in [0.3, 0.4) is 0 Å². The Morgan fingerprint density at radius 1 is 1.11 bits per heavy atom. The van der Waals surface area contributed by atoms with E-state index >= 15 is 0 Å². The molecule has 1 aromatic rings. The molecule has 0 N–H and O–H groups in total. The molecule has 0 fully saturated rings. The summed E-state index contributed by atoms with van der Waals surface area (Å²) in [5.74, 6) is 1.68. The summed E-state index contributed by atoms with van der Waals surface area (Å²) in [5.41, 5.74) is 1.09. The van der Waals surface area contributed by atoms with E-state index in [0.717, 1.165) is 11.5 Å². The second kappa shape index (κ2) is 7.62. The molecule has 102 valence electrons. The zero-order valence-corrected chi connectivity index (χ0v) is 11.0. The fourth-order valence-corrected chi connectivity index (χ4v) is 1.05. The Hall–Kier alpha value is -1.66. The van der Waals surface area contributed by atoms with E-state index in [4.69, 9.17) is 0 Å². The minimum absolute atomic E-state index is 0. The van der Waals surface area contributed by atoms with Crippen molar-refractivity contribution in [1.82, 2.24) is 20.2 Å². The lowest BCUT2D eigenvalue weighted by Gasteiger charge is -1.97. The molecule has 0 saturated heterocycles. The molecule has 0 bridgehead atoms. The average molecular weight is 253 g/mol. The lowest BCUT2D eigenvalue weighted by atomic mass is 10.1. The minimum Gasteiger partial charge on any atom is -0.167 e. The molecule has 18 heavy (non-hydrogen) atoms. The van der Waals surface area contributed by atoms with Gasteiger partial charge in [0.2, 0.25) is 0 Å². The third kappa shape index (κ3) is 5.11. The maximum atomic E-state index is 4.00. The minimum atomic E-state index is 0. The molecule has 1 aromatic heterocycles. The summed E-state index contributed by atoms with van der Waals surface area (Å²) in [5, 5.41) is 22.5. The molecular formula is C11H23N7. The highest BCUT2D eigenvalue weighted by Crippen LogP contribution is 2.04. The summed E-state index contributed by atoms with van der Waals surface area (Å²) in [4.78, 5) is 1.47. The van der Waals surface area contributed by atoms with E-state index in [2.05, 4.69) is 44.7 Å². The molecule has 1 aliphatic heterocycles. The molecule has 0 unspecified atom stereocenters. The van der Waals surface area contributed by atoms with Crippen molar-refractivity contribution in [1.29, 1.82) is 0 Å². The number of hydrogen-bond acceptors (Lipinski definition) is 6. The first-order chi connectivity index (χ1) is 8.00. The number of nitrogens with zero attached hydrogens (tertiary/aromatic N) is 7. The van der Waals surface area contributed by atoms with Crippen LogP contribution in [-0.2, 0) is 7.05 Å². The second-order valence-electron chi connectivity index (χ2n) is 4.43. The van der Waals surface area contributed by atoms with Gasteiger partial charge in [-0.3, -0.25) is 0 Å². The Morgan fingerprint density at radius 2 is 1.78 bits per heavy atom. The average Bonchev–Trinajstić information content (AvgIpc) is 2.87. The highest BCUT2D eigenvalue weighted by atomic mass is 15.6. The topological polar surface area (TPSA) is 80.7 Å². The van der Waals surface area contributed by atoms with Gasteiger partial charge in [-0.25, -0.2) is 0 Å². The Labute approximate surface area is 108 Å². The lowest BCUT2D eigenvalue weighted by molar-refractivity contribution is 0.625. The molecule has 0 atom stereocenters. The van der Waals surface area contributed by atoms with Gasteiger partial charge >= 0.3 is 0 Å². The molecule has 0 spiro atoms. The Bertz CT molecular complexity index is 403. The van der Waals surface area contributed by atoms with Gasteiger partial charge in [0, 0.05) is 5.92 Å². The van der Waals surface area contributed by atoms with Gasteiger partial charge in [-0.05, 0) is 16.4 Å². The van der Waals surface area contributed by atoms with Gasteiger partial charge in [-0.2, -0.15) is 9.91 Å². The number of rotatable bonds is 2. The van der Waals surface area contributed by atoms with Crippen LogP contribution in [0, 0.1) is 5.92 Å². The smallest absolute Gasteiger partial charge is 0.167 e. The monoisotopic (exact) mass is 253 g/mol. The summed E-state index contributed by atoms with van der Waals surface area (Å²) in [7, 11) is 1.76. The third-order valence-electron chi connectivity index (χ3n) is 2.18. The largest absolute Gasteiger partial charge is 0.177 e. The van der Waals surface area contributed by atoms with Crippen LogP contribution in [0.1, 0.15) is 46.9 Å². The Kier molecular flexibility index (Phi) is 6.92. The Morgan fingerprint density at radius 3 is 2.00 bits per heavy atom. The summed E-state index contributed by atoms with van der Waals surface area (Å²) in [6.45, 7) is 8.97. The zero-order valence-electron chi connectivity index (χ0n) is 11.0. The van der Waals surface area contributed by atoms with Crippen LogP contribution in [0.2, 0.25) is 0 Å². The van der Waals surface area contributed by atoms with Crippen molar-refractivity contribution in [2.24, 2.45) is 28.4 Å². The summed E-state index contributed by atoms with van der Waals surface area (Å²) < 4.78 is 0. The van der Waals surface area contributed by atoms with Gasteiger partial charge in [0.05, 0.1) is 12.8 Å². The molecule has 2 rings (SSSR count). The maximum absolute atomic E-state index is 4.00. The molecule has 0 amide bonds. The van der Waals surface area contributed by atoms with Crippen molar-refractivity contribution in [3.63, 3.8) is 0 Å². The normalized spacial score (nSPS) is 13.2. The fourth-order valence-electron chi connectivity index (χ4n) is 1.05. The molecule has 0 aliphatic carbocycles. The van der Waals surface area contributed by atoms with Gasteiger partial charge in [-0.1, -0.05) is 35.1 Å². The standard InChI is InChI=1S/C5H10N4.C5H9N3.CH4/c1-4(2)5-6-8-9(3)7-5;1-4(2)5-3-6-8-7-5;/h4H,1-3H3;4H,3H2,1-2H3;1H4. The number of hydrogen-bond donors (Lipinski definition) is 0. The van der Waals surface area contributed by atoms with Crippen LogP contribution in [-0.4, -0.2) is 32.5 Å². The maximum Gasteiger partial charge on any atom is 0.177 e. The van der Waals surface area contributed by atoms with Crippen LogP contribution < -0.4 is 0 Å². The Balaban J connectivity index is 0.000000306.